The molecule has 1 N–H and O–H groups in total. The Morgan fingerprint density at radius 2 is 2.25 bits per heavy atom. The van der Waals surface area contributed by atoms with Crippen molar-refractivity contribution in [2.45, 2.75) is 6.61 Å². The van der Waals surface area contributed by atoms with Gasteiger partial charge in [0.1, 0.15) is 5.15 Å². The lowest BCUT2D eigenvalue weighted by molar-refractivity contribution is -0.384. The van der Waals surface area contributed by atoms with Gasteiger partial charge in [-0.1, -0.05) is 22.9 Å². The number of benzene rings is 1. The molecule has 0 spiro atoms. The summed E-state index contributed by atoms with van der Waals surface area (Å²) in [4.78, 5) is 14.6. The SMILES string of the molecule is COc1ccc([N+](=O)[O-])cc1Oc1nc(Cl)c(CO)s1. The van der Waals surface area contributed by atoms with Crippen LogP contribution in [0.2, 0.25) is 5.15 Å². The summed E-state index contributed by atoms with van der Waals surface area (Å²) in [5.74, 6) is 0.476. The third-order valence-electron chi connectivity index (χ3n) is 2.33. The molecule has 0 aliphatic heterocycles. The second-order valence-electron chi connectivity index (χ2n) is 3.55. The van der Waals surface area contributed by atoms with Crippen molar-refractivity contribution in [3.05, 3.63) is 38.3 Å². The Morgan fingerprint density at radius 1 is 1.50 bits per heavy atom. The molecule has 7 nitrogen and oxygen atoms in total. The van der Waals surface area contributed by atoms with Gasteiger partial charge in [0.2, 0.25) is 0 Å². The number of methoxy groups -OCH3 is 1. The van der Waals surface area contributed by atoms with E-state index in [0.717, 1.165) is 11.3 Å². The van der Waals surface area contributed by atoms with Crippen molar-refractivity contribution in [2.75, 3.05) is 7.11 Å². The van der Waals surface area contributed by atoms with Gasteiger partial charge in [0, 0.05) is 6.07 Å². The summed E-state index contributed by atoms with van der Waals surface area (Å²) in [5, 5.41) is 20.1. The second kappa shape index (κ2) is 6.04. The second-order valence-corrected chi connectivity index (χ2v) is 4.95. The Hall–Kier alpha value is -1.90. The largest absolute Gasteiger partial charge is 0.493 e. The predicted molar refractivity (Wildman–Crippen MR) is 72.8 cm³/mol. The number of ether oxygens (including phenoxy) is 2. The van der Waals surface area contributed by atoms with Crippen molar-refractivity contribution in [2.24, 2.45) is 0 Å². The molecule has 106 valence electrons. The van der Waals surface area contributed by atoms with E-state index in [1.807, 2.05) is 0 Å². The van der Waals surface area contributed by atoms with Crippen LogP contribution in [0, 0.1) is 10.1 Å². The number of nitrogens with zero attached hydrogens (tertiary/aromatic N) is 2. The van der Waals surface area contributed by atoms with E-state index in [0.29, 0.717) is 10.6 Å². The van der Waals surface area contributed by atoms with Crippen LogP contribution in [0.25, 0.3) is 0 Å². The summed E-state index contributed by atoms with van der Waals surface area (Å²) in [6, 6.07) is 3.96. The number of hydrogen-bond acceptors (Lipinski definition) is 7. The summed E-state index contributed by atoms with van der Waals surface area (Å²) >= 11 is 6.83. The average Bonchev–Trinajstić information content (AvgIpc) is 2.78. The number of thiazole rings is 1. The fourth-order valence-electron chi connectivity index (χ4n) is 1.41. The molecule has 1 aromatic carbocycles. The van der Waals surface area contributed by atoms with E-state index in [4.69, 9.17) is 26.2 Å². The molecule has 0 aliphatic carbocycles. The van der Waals surface area contributed by atoms with E-state index < -0.39 is 4.92 Å². The predicted octanol–water partition coefficient (Wildman–Crippen LogP) is 3.00. The van der Waals surface area contributed by atoms with Crippen molar-refractivity contribution in [3.63, 3.8) is 0 Å². The van der Waals surface area contributed by atoms with Crippen LogP contribution in [-0.2, 0) is 6.61 Å². The maximum atomic E-state index is 10.8. The monoisotopic (exact) mass is 316 g/mol. The smallest absolute Gasteiger partial charge is 0.280 e. The maximum absolute atomic E-state index is 10.8. The number of aliphatic hydroxyl groups excluding tert-OH is 1. The zero-order valence-electron chi connectivity index (χ0n) is 10.2. The summed E-state index contributed by atoms with van der Waals surface area (Å²) in [6.07, 6.45) is 0. The van der Waals surface area contributed by atoms with Crippen molar-refractivity contribution < 1.29 is 19.5 Å². The number of halogens is 1. The number of aromatic nitrogens is 1. The van der Waals surface area contributed by atoms with E-state index in [1.165, 1.54) is 25.3 Å². The van der Waals surface area contributed by atoms with E-state index >= 15 is 0 Å². The summed E-state index contributed by atoms with van der Waals surface area (Å²) in [5.41, 5.74) is -0.133. The third-order valence-corrected chi connectivity index (χ3v) is 3.67. The standard InChI is InChI=1S/C11H9ClN2O5S/c1-18-7-3-2-6(14(16)17)4-8(7)19-11-13-10(12)9(5-15)20-11/h2-4,15H,5H2,1H3. The van der Waals surface area contributed by atoms with Crippen molar-refractivity contribution in [1.29, 1.82) is 0 Å². The fourth-order valence-corrected chi connectivity index (χ4v) is 2.38. The number of nitro benzene ring substituents is 1. The first-order valence-electron chi connectivity index (χ1n) is 5.31. The van der Waals surface area contributed by atoms with Gasteiger partial charge in [-0.2, -0.15) is 4.98 Å². The van der Waals surface area contributed by atoms with E-state index in [9.17, 15) is 10.1 Å². The molecule has 0 saturated carbocycles. The molecule has 0 fully saturated rings. The van der Waals surface area contributed by atoms with Gasteiger partial charge in [-0.05, 0) is 6.07 Å². The first kappa shape index (κ1) is 14.5. The third kappa shape index (κ3) is 2.98. The van der Waals surface area contributed by atoms with E-state index in [2.05, 4.69) is 4.98 Å². The van der Waals surface area contributed by atoms with Crippen LogP contribution < -0.4 is 9.47 Å². The number of aliphatic hydroxyl groups is 1. The number of non-ortho nitro benzene ring substituents is 1. The van der Waals surface area contributed by atoms with Gasteiger partial charge in [0.05, 0.1) is 29.6 Å². The molecule has 0 atom stereocenters. The van der Waals surface area contributed by atoms with Crippen LogP contribution in [-0.4, -0.2) is 22.1 Å². The van der Waals surface area contributed by atoms with Crippen LogP contribution in [0.1, 0.15) is 4.88 Å². The normalized spacial score (nSPS) is 10.3. The first-order chi connectivity index (χ1) is 9.55. The van der Waals surface area contributed by atoms with Crippen molar-refractivity contribution >= 4 is 28.6 Å². The highest BCUT2D eigenvalue weighted by Gasteiger charge is 2.16. The highest BCUT2D eigenvalue weighted by molar-refractivity contribution is 7.13. The molecule has 0 radical (unpaired) electrons. The molecule has 0 bridgehead atoms. The maximum Gasteiger partial charge on any atom is 0.280 e. The van der Waals surface area contributed by atoms with Gasteiger partial charge in [-0.15, -0.1) is 0 Å². The fraction of sp³-hybridized carbons (Fsp3) is 0.182. The molecular weight excluding hydrogens is 308 g/mol. The molecule has 0 unspecified atom stereocenters. The van der Waals surface area contributed by atoms with E-state index in [-0.39, 0.29) is 28.4 Å². The summed E-state index contributed by atoms with van der Waals surface area (Å²) in [6.45, 7) is -0.258. The van der Waals surface area contributed by atoms with Gasteiger partial charge in [0.25, 0.3) is 10.9 Å². The van der Waals surface area contributed by atoms with Crippen LogP contribution in [0.4, 0.5) is 5.69 Å². The lowest BCUT2D eigenvalue weighted by Gasteiger charge is -2.07. The minimum atomic E-state index is -0.541. The molecule has 2 rings (SSSR count). The van der Waals surface area contributed by atoms with Gasteiger partial charge in [0.15, 0.2) is 11.5 Å². The van der Waals surface area contributed by atoms with Crippen molar-refractivity contribution in [3.8, 4) is 16.7 Å². The summed E-state index contributed by atoms with van der Waals surface area (Å²) in [7, 11) is 1.42. The van der Waals surface area contributed by atoms with E-state index in [1.54, 1.807) is 0 Å². The minimum Gasteiger partial charge on any atom is -0.493 e. The average molecular weight is 317 g/mol. The molecule has 20 heavy (non-hydrogen) atoms. The molecule has 1 heterocycles. The molecule has 2 aromatic rings. The van der Waals surface area contributed by atoms with Gasteiger partial charge in [-0.25, -0.2) is 0 Å². The molecule has 0 aliphatic rings. The number of rotatable bonds is 5. The molecule has 0 saturated heterocycles. The zero-order chi connectivity index (χ0) is 14.7. The molecular formula is C11H9ClN2O5S. The Balaban J connectivity index is 2.35. The molecule has 1 aromatic heterocycles. The quantitative estimate of drug-likeness (QED) is 0.673. The highest BCUT2D eigenvalue weighted by atomic mass is 35.5. The summed E-state index contributed by atoms with van der Waals surface area (Å²) < 4.78 is 10.5. The number of hydrogen-bond donors (Lipinski definition) is 1. The highest BCUT2D eigenvalue weighted by Crippen LogP contribution is 2.37. The minimum absolute atomic E-state index is 0.133. The Kier molecular flexibility index (Phi) is 4.38. The topological polar surface area (TPSA) is 94.7 Å². The molecule has 0 amide bonds. The molecule has 9 heteroatoms. The van der Waals surface area contributed by atoms with Gasteiger partial charge >= 0.3 is 0 Å². The van der Waals surface area contributed by atoms with Crippen LogP contribution in [0.5, 0.6) is 16.7 Å². The Labute approximate surface area is 122 Å². The van der Waals surface area contributed by atoms with Gasteiger partial charge < -0.3 is 14.6 Å². The first-order valence-corrected chi connectivity index (χ1v) is 6.51. The van der Waals surface area contributed by atoms with Crippen LogP contribution in [0.3, 0.4) is 0 Å². The van der Waals surface area contributed by atoms with Gasteiger partial charge in [-0.3, -0.25) is 10.1 Å². The van der Waals surface area contributed by atoms with Crippen LogP contribution in [0.15, 0.2) is 18.2 Å². The van der Waals surface area contributed by atoms with Crippen molar-refractivity contribution in [1.82, 2.24) is 4.98 Å². The lowest BCUT2D eigenvalue weighted by Crippen LogP contribution is -1.93. The Morgan fingerprint density at radius 3 is 2.80 bits per heavy atom. The zero-order valence-corrected chi connectivity index (χ0v) is 11.8. The lowest BCUT2D eigenvalue weighted by atomic mass is 10.3. The Bertz CT molecular complexity index is 646. The number of nitro groups is 1. The van der Waals surface area contributed by atoms with Crippen LogP contribution >= 0.6 is 22.9 Å².